The fraction of sp³-hybridized carbons (Fsp3) is 0.211. The Morgan fingerprint density at radius 1 is 1.16 bits per heavy atom. The first-order chi connectivity index (χ1) is 12.0. The molecule has 0 aliphatic carbocycles. The normalized spacial score (nSPS) is 13.2. The van der Waals surface area contributed by atoms with Gasteiger partial charge in [-0.25, -0.2) is 4.79 Å². The zero-order valence-electron chi connectivity index (χ0n) is 14.1. The van der Waals surface area contributed by atoms with Gasteiger partial charge in [0.2, 0.25) is 0 Å². The monoisotopic (exact) mass is 372 g/mol. The molecule has 1 unspecified atom stereocenters. The molecule has 0 aliphatic rings. The first kappa shape index (κ1) is 17.7. The fourth-order valence-corrected chi connectivity index (χ4v) is 4.12. The number of carbonyl (C=O) groups is 1. The highest BCUT2D eigenvalue weighted by Gasteiger charge is 2.33. The number of aliphatic hydroxyl groups is 1. The molecule has 3 rings (SSSR count). The van der Waals surface area contributed by atoms with Gasteiger partial charge >= 0.3 is 6.03 Å². The standard InChI is InChI=1S/C19H20N2O2S2/c1-13-5-6-16(10-14(13)2)21-18(22)20-12-19(23,15-7-9-24-11-15)17-4-3-8-25-17/h3-11,23H,12H2,1-2H3,(H2,20,21,22). The summed E-state index contributed by atoms with van der Waals surface area (Å²) in [6.07, 6.45) is 0. The first-order valence-corrected chi connectivity index (χ1v) is 9.72. The van der Waals surface area contributed by atoms with Crippen LogP contribution in [-0.2, 0) is 5.60 Å². The molecule has 25 heavy (non-hydrogen) atoms. The van der Waals surface area contributed by atoms with Crippen LogP contribution in [0.5, 0.6) is 0 Å². The summed E-state index contributed by atoms with van der Waals surface area (Å²) in [6, 6.07) is 11.1. The second kappa shape index (κ2) is 7.39. The van der Waals surface area contributed by atoms with Gasteiger partial charge in [0.15, 0.2) is 0 Å². The smallest absolute Gasteiger partial charge is 0.319 e. The van der Waals surface area contributed by atoms with Crippen molar-refractivity contribution in [2.45, 2.75) is 19.4 Å². The quantitative estimate of drug-likeness (QED) is 0.618. The molecule has 130 valence electrons. The largest absolute Gasteiger partial charge is 0.378 e. The van der Waals surface area contributed by atoms with E-state index < -0.39 is 5.60 Å². The van der Waals surface area contributed by atoms with Crippen molar-refractivity contribution in [1.82, 2.24) is 5.32 Å². The summed E-state index contributed by atoms with van der Waals surface area (Å²) in [5.74, 6) is 0. The molecule has 0 aliphatic heterocycles. The molecule has 0 saturated carbocycles. The molecule has 6 heteroatoms. The third-order valence-corrected chi connectivity index (χ3v) is 5.90. The van der Waals surface area contributed by atoms with E-state index in [4.69, 9.17) is 0 Å². The van der Waals surface area contributed by atoms with E-state index in [1.807, 2.05) is 66.4 Å². The number of nitrogens with one attached hydrogen (secondary N) is 2. The Morgan fingerprint density at radius 3 is 2.64 bits per heavy atom. The molecular weight excluding hydrogens is 352 g/mol. The van der Waals surface area contributed by atoms with Crippen molar-refractivity contribution in [2.75, 3.05) is 11.9 Å². The van der Waals surface area contributed by atoms with E-state index in [2.05, 4.69) is 10.6 Å². The van der Waals surface area contributed by atoms with Crippen LogP contribution in [0.2, 0.25) is 0 Å². The highest BCUT2D eigenvalue weighted by atomic mass is 32.1. The van der Waals surface area contributed by atoms with E-state index in [0.717, 1.165) is 21.7 Å². The Kier molecular flexibility index (Phi) is 5.22. The molecule has 2 heterocycles. The number of rotatable bonds is 5. The Morgan fingerprint density at radius 2 is 2.00 bits per heavy atom. The number of hydrogen-bond acceptors (Lipinski definition) is 4. The lowest BCUT2D eigenvalue weighted by molar-refractivity contribution is 0.0871. The molecule has 0 fully saturated rings. The van der Waals surface area contributed by atoms with Crippen LogP contribution in [0, 0.1) is 13.8 Å². The van der Waals surface area contributed by atoms with Crippen LogP contribution in [-0.4, -0.2) is 17.7 Å². The van der Waals surface area contributed by atoms with E-state index in [0.29, 0.717) is 0 Å². The minimum absolute atomic E-state index is 0.0981. The lowest BCUT2D eigenvalue weighted by Gasteiger charge is -2.27. The van der Waals surface area contributed by atoms with Crippen LogP contribution in [0.15, 0.2) is 52.5 Å². The highest BCUT2D eigenvalue weighted by Crippen LogP contribution is 2.33. The van der Waals surface area contributed by atoms with Crippen molar-refractivity contribution in [3.63, 3.8) is 0 Å². The Balaban J connectivity index is 1.71. The predicted molar refractivity (Wildman–Crippen MR) is 105 cm³/mol. The lowest BCUT2D eigenvalue weighted by atomic mass is 9.94. The third kappa shape index (κ3) is 3.92. The summed E-state index contributed by atoms with van der Waals surface area (Å²) >= 11 is 2.99. The molecule has 2 amide bonds. The van der Waals surface area contributed by atoms with Crippen molar-refractivity contribution >= 4 is 34.4 Å². The van der Waals surface area contributed by atoms with Crippen molar-refractivity contribution in [1.29, 1.82) is 0 Å². The number of thiophene rings is 2. The molecule has 1 atom stereocenters. The third-order valence-electron chi connectivity index (χ3n) is 4.20. The maximum atomic E-state index is 12.3. The minimum atomic E-state index is -1.23. The SMILES string of the molecule is Cc1ccc(NC(=O)NCC(O)(c2ccsc2)c2cccs2)cc1C. The summed E-state index contributed by atoms with van der Waals surface area (Å²) in [7, 11) is 0. The molecule has 4 nitrogen and oxygen atoms in total. The summed E-state index contributed by atoms with van der Waals surface area (Å²) in [5.41, 5.74) is 2.58. The van der Waals surface area contributed by atoms with Crippen LogP contribution in [0.4, 0.5) is 10.5 Å². The minimum Gasteiger partial charge on any atom is -0.378 e. The summed E-state index contributed by atoms with van der Waals surface area (Å²) < 4.78 is 0. The van der Waals surface area contributed by atoms with Gasteiger partial charge in [-0.1, -0.05) is 12.1 Å². The van der Waals surface area contributed by atoms with Crippen molar-refractivity contribution < 1.29 is 9.90 Å². The van der Waals surface area contributed by atoms with E-state index in [9.17, 15) is 9.90 Å². The number of anilines is 1. The average Bonchev–Trinajstić information content (AvgIpc) is 3.30. The van der Waals surface area contributed by atoms with Gasteiger partial charge in [0, 0.05) is 16.1 Å². The summed E-state index contributed by atoms with van der Waals surface area (Å²) in [5, 5.41) is 22.6. The number of carbonyl (C=O) groups excluding carboxylic acids is 1. The van der Waals surface area contributed by atoms with Gasteiger partial charge < -0.3 is 15.7 Å². The van der Waals surface area contributed by atoms with Crippen molar-refractivity contribution in [3.05, 3.63) is 74.1 Å². The van der Waals surface area contributed by atoms with Gasteiger partial charge in [0.1, 0.15) is 5.60 Å². The molecule has 3 N–H and O–H groups in total. The maximum absolute atomic E-state index is 12.3. The molecule has 2 aromatic heterocycles. The lowest BCUT2D eigenvalue weighted by Crippen LogP contribution is -2.42. The topological polar surface area (TPSA) is 61.4 Å². The Labute approximate surface area is 155 Å². The van der Waals surface area contributed by atoms with Gasteiger partial charge in [0.05, 0.1) is 6.54 Å². The average molecular weight is 373 g/mol. The number of urea groups is 1. The van der Waals surface area contributed by atoms with Crippen molar-refractivity contribution in [2.24, 2.45) is 0 Å². The zero-order chi connectivity index (χ0) is 17.9. The second-order valence-corrected chi connectivity index (χ2v) is 7.68. The van der Waals surface area contributed by atoms with E-state index in [-0.39, 0.29) is 12.6 Å². The van der Waals surface area contributed by atoms with Gasteiger partial charge in [-0.05, 0) is 65.4 Å². The molecule has 3 aromatic rings. The summed E-state index contributed by atoms with van der Waals surface area (Å²) in [6.45, 7) is 4.13. The maximum Gasteiger partial charge on any atom is 0.319 e. The Hall–Kier alpha value is -2.15. The first-order valence-electron chi connectivity index (χ1n) is 7.90. The number of benzene rings is 1. The van der Waals surface area contributed by atoms with Gasteiger partial charge in [0.25, 0.3) is 0 Å². The van der Waals surface area contributed by atoms with Gasteiger partial charge in [-0.15, -0.1) is 11.3 Å². The molecule has 0 saturated heterocycles. The zero-order valence-corrected chi connectivity index (χ0v) is 15.7. The van der Waals surface area contributed by atoms with Crippen LogP contribution in [0.25, 0.3) is 0 Å². The Bertz CT molecular complexity index is 808. The fourth-order valence-electron chi connectivity index (χ4n) is 2.55. The van der Waals surface area contributed by atoms with E-state index in [1.54, 1.807) is 0 Å². The number of amides is 2. The van der Waals surface area contributed by atoms with Crippen molar-refractivity contribution in [3.8, 4) is 0 Å². The van der Waals surface area contributed by atoms with Crippen LogP contribution in [0.1, 0.15) is 21.6 Å². The summed E-state index contributed by atoms with van der Waals surface area (Å²) in [4.78, 5) is 13.1. The molecular formula is C19H20N2O2S2. The predicted octanol–water partition coefficient (Wildman–Crippen LogP) is 4.48. The van der Waals surface area contributed by atoms with Crippen LogP contribution < -0.4 is 10.6 Å². The number of hydrogen-bond donors (Lipinski definition) is 3. The van der Waals surface area contributed by atoms with Crippen LogP contribution in [0.3, 0.4) is 0 Å². The molecule has 0 radical (unpaired) electrons. The molecule has 0 bridgehead atoms. The molecule has 1 aromatic carbocycles. The highest BCUT2D eigenvalue weighted by molar-refractivity contribution is 7.10. The number of aryl methyl sites for hydroxylation is 2. The van der Waals surface area contributed by atoms with Gasteiger partial charge in [-0.2, -0.15) is 11.3 Å². The second-order valence-electron chi connectivity index (χ2n) is 5.96. The van der Waals surface area contributed by atoms with E-state index in [1.165, 1.54) is 28.2 Å². The molecule has 0 spiro atoms. The van der Waals surface area contributed by atoms with Gasteiger partial charge in [-0.3, -0.25) is 0 Å². The van der Waals surface area contributed by atoms with Crippen LogP contribution >= 0.6 is 22.7 Å². The van der Waals surface area contributed by atoms with E-state index >= 15 is 0 Å².